The number of nitrogens with one attached hydrogen (secondary N) is 1. The fourth-order valence-corrected chi connectivity index (χ4v) is 2.04. The molecule has 1 aromatic rings. The van der Waals surface area contributed by atoms with E-state index in [2.05, 4.69) is 5.32 Å². The summed E-state index contributed by atoms with van der Waals surface area (Å²) in [5, 5.41) is 21.7. The van der Waals surface area contributed by atoms with E-state index < -0.39 is 0 Å². The van der Waals surface area contributed by atoms with E-state index >= 15 is 0 Å². The van der Waals surface area contributed by atoms with E-state index in [1.165, 1.54) is 0 Å². The minimum absolute atomic E-state index is 0.0565. The van der Waals surface area contributed by atoms with Crippen LogP contribution in [0.5, 0.6) is 5.75 Å². The summed E-state index contributed by atoms with van der Waals surface area (Å²) < 4.78 is 0. The molecule has 0 radical (unpaired) electrons. The van der Waals surface area contributed by atoms with E-state index in [0.29, 0.717) is 31.6 Å². The smallest absolute Gasteiger partial charge is 0.220 e. The molecule has 20 heavy (non-hydrogen) atoms. The normalized spacial score (nSPS) is 11.4. The SMILES string of the molecule is CC(C)(C)c1cccc(CCC(=O)NCCCO)c1O. The van der Waals surface area contributed by atoms with Crippen molar-refractivity contribution in [3.05, 3.63) is 29.3 Å². The Morgan fingerprint density at radius 1 is 1.30 bits per heavy atom. The standard InChI is InChI=1S/C16H25NO3/c1-16(2,3)13-7-4-6-12(15(13)20)8-9-14(19)17-10-5-11-18/h4,6-7,18,20H,5,8-11H2,1-3H3,(H,17,19). The van der Waals surface area contributed by atoms with Gasteiger partial charge in [-0.1, -0.05) is 39.0 Å². The van der Waals surface area contributed by atoms with E-state index in [9.17, 15) is 9.90 Å². The molecule has 0 aliphatic heterocycles. The number of aryl methyl sites for hydroxylation is 1. The van der Waals surface area contributed by atoms with Gasteiger partial charge < -0.3 is 15.5 Å². The van der Waals surface area contributed by atoms with Gasteiger partial charge in [0.05, 0.1) is 0 Å². The molecule has 1 aromatic carbocycles. The van der Waals surface area contributed by atoms with Crippen LogP contribution in [0.2, 0.25) is 0 Å². The minimum atomic E-state index is -0.122. The molecule has 4 nitrogen and oxygen atoms in total. The lowest BCUT2D eigenvalue weighted by molar-refractivity contribution is -0.121. The molecular formula is C16H25NO3. The average Bonchev–Trinajstić information content (AvgIpc) is 2.36. The van der Waals surface area contributed by atoms with Crippen molar-refractivity contribution in [2.45, 2.75) is 45.4 Å². The lowest BCUT2D eigenvalue weighted by Gasteiger charge is -2.21. The number of rotatable bonds is 6. The van der Waals surface area contributed by atoms with Crippen LogP contribution in [0.3, 0.4) is 0 Å². The first-order valence-electron chi connectivity index (χ1n) is 7.05. The molecular weight excluding hydrogens is 254 g/mol. The van der Waals surface area contributed by atoms with Gasteiger partial charge in [-0.3, -0.25) is 4.79 Å². The maximum atomic E-state index is 11.6. The van der Waals surface area contributed by atoms with Crippen molar-refractivity contribution in [2.24, 2.45) is 0 Å². The predicted molar refractivity (Wildman–Crippen MR) is 79.8 cm³/mol. The number of carbonyl (C=O) groups excluding carboxylic acids is 1. The highest BCUT2D eigenvalue weighted by atomic mass is 16.3. The third kappa shape index (κ3) is 4.85. The number of para-hydroxylation sites is 1. The summed E-state index contributed by atoms with van der Waals surface area (Å²) in [7, 11) is 0. The topological polar surface area (TPSA) is 69.6 Å². The largest absolute Gasteiger partial charge is 0.507 e. The summed E-state index contributed by atoms with van der Waals surface area (Å²) in [4.78, 5) is 11.6. The lowest BCUT2D eigenvalue weighted by atomic mass is 9.85. The third-order valence-corrected chi connectivity index (χ3v) is 3.21. The highest BCUT2D eigenvalue weighted by Gasteiger charge is 2.19. The number of aliphatic hydroxyl groups excluding tert-OH is 1. The van der Waals surface area contributed by atoms with Gasteiger partial charge in [0.25, 0.3) is 0 Å². The number of amides is 1. The van der Waals surface area contributed by atoms with Crippen LogP contribution in [0.4, 0.5) is 0 Å². The van der Waals surface area contributed by atoms with Gasteiger partial charge in [-0.25, -0.2) is 0 Å². The van der Waals surface area contributed by atoms with Crippen LogP contribution < -0.4 is 5.32 Å². The van der Waals surface area contributed by atoms with Crippen molar-refractivity contribution >= 4 is 5.91 Å². The van der Waals surface area contributed by atoms with E-state index in [1.807, 2.05) is 39.0 Å². The Labute approximate surface area is 120 Å². The molecule has 0 spiro atoms. The third-order valence-electron chi connectivity index (χ3n) is 3.21. The molecule has 112 valence electrons. The molecule has 0 aliphatic carbocycles. The van der Waals surface area contributed by atoms with Gasteiger partial charge in [0.1, 0.15) is 5.75 Å². The van der Waals surface area contributed by atoms with Crippen LogP contribution in [0.15, 0.2) is 18.2 Å². The Morgan fingerprint density at radius 2 is 2.00 bits per heavy atom. The van der Waals surface area contributed by atoms with E-state index in [4.69, 9.17) is 5.11 Å². The van der Waals surface area contributed by atoms with Gasteiger partial charge in [0.2, 0.25) is 5.91 Å². The zero-order valence-corrected chi connectivity index (χ0v) is 12.6. The summed E-state index contributed by atoms with van der Waals surface area (Å²) in [5.74, 6) is 0.238. The Kier molecular flexibility index (Phi) is 6.02. The van der Waals surface area contributed by atoms with Crippen molar-refractivity contribution in [2.75, 3.05) is 13.2 Å². The molecule has 0 heterocycles. The molecule has 0 unspecified atom stereocenters. The predicted octanol–water partition coefficient (Wildman–Crippen LogP) is 2.12. The lowest BCUT2D eigenvalue weighted by Crippen LogP contribution is -2.25. The molecule has 0 atom stereocenters. The zero-order chi connectivity index (χ0) is 15.2. The van der Waals surface area contributed by atoms with Crippen LogP contribution >= 0.6 is 0 Å². The number of phenolic OH excluding ortho intramolecular Hbond substituents is 1. The number of hydrogen-bond donors (Lipinski definition) is 3. The maximum absolute atomic E-state index is 11.6. The summed E-state index contributed by atoms with van der Waals surface area (Å²) >= 11 is 0. The second kappa shape index (κ2) is 7.29. The highest BCUT2D eigenvalue weighted by molar-refractivity contribution is 5.76. The van der Waals surface area contributed by atoms with Crippen LogP contribution in [0.1, 0.15) is 44.7 Å². The first-order valence-corrected chi connectivity index (χ1v) is 7.05. The van der Waals surface area contributed by atoms with Crippen molar-refractivity contribution < 1.29 is 15.0 Å². The van der Waals surface area contributed by atoms with Crippen LogP contribution in [0, 0.1) is 0 Å². The highest BCUT2D eigenvalue weighted by Crippen LogP contribution is 2.33. The Hall–Kier alpha value is -1.55. The van der Waals surface area contributed by atoms with E-state index in [1.54, 1.807) is 0 Å². The monoisotopic (exact) mass is 279 g/mol. The molecule has 4 heteroatoms. The summed E-state index contributed by atoms with van der Waals surface area (Å²) in [6, 6.07) is 5.69. The van der Waals surface area contributed by atoms with Crippen LogP contribution in [-0.4, -0.2) is 29.3 Å². The molecule has 1 rings (SSSR count). The summed E-state index contributed by atoms with van der Waals surface area (Å²) in [5.41, 5.74) is 1.58. The average molecular weight is 279 g/mol. The number of hydrogen-bond acceptors (Lipinski definition) is 3. The quantitative estimate of drug-likeness (QED) is 0.699. The first kappa shape index (κ1) is 16.5. The Balaban J connectivity index is 2.63. The number of phenols is 1. The van der Waals surface area contributed by atoms with Crippen molar-refractivity contribution in [3.63, 3.8) is 0 Å². The van der Waals surface area contributed by atoms with Gasteiger partial charge >= 0.3 is 0 Å². The molecule has 0 bridgehead atoms. The maximum Gasteiger partial charge on any atom is 0.220 e. The van der Waals surface area contributed by atoms with Gasteiger partial charge in [0.15, 0.2) is 0 Å². The van der Waals surface area contributed by atoms with Crippen molar-refractivity contribution in [3.8, 4) is 5.75 Å². The Bertz CT molecular complexity index is 450. The number of benzene rings is 1. The number of carbonyl (C=O) groups is 1. The molecule has 0 aliphatic rings. The van der Waals surface area contributed by atoms with Gasteiger partial charge in [-0.2, -0.15) is 0 Å². The van der Waals surface area contributed by atoms with Crippen LogP contribution in [0.25, 0.3) is 0 Å². The van der Waals surface area contributed by atoms with E-state index in [0.717, 1.165) is 11.1 Å². The fraction of sp³-hybridized carbons (Fsp3) is 0.562. The van der Waals surface area contributed by atoms with Gasteiger partial charge in [-0.15, -0.1) is 0 Å². The molecule has 3 N–H and O–H groups in total. The van der Waals surface area contributed by atoms with Gasteiger partial charge in [0, 0.05) is 19.6 Å². The number of aromatic hydroxyl groups is 1. The Morgan fingerprint density at radius 3 is 2.60 bits per heavy atom. The summed E-state index contributed by atoms with van der Waals surface area (Å²) in [6.07, 6.45) is 1.42. The molecule has 1 amide bonds. The number of aliphatic hydroxyl groups is 1. The minimum Gasteiger partial charge on any atom is -0.507 e. The molecule has 0 fully saturated rings. The second-order valence-electron chi connectivity index (χ2n) is 5.99. The van der Waals surface area contributed by atoms with Gasteiger partial charge in [-0.05, 0) is 29.4 Å². The molecule has 0 saturated heterocycles. The molecule has 0 saturated carbocycles. The van der Waals surface area contributed by atoms with Crippen molar-refractivity contribution in [1.82, 2.24) is 5.32 Å². The van der Waals surface area contributed by atoms with Crippen LogP contribution in [-0.2, 0) is 16.6 Å². The second-order valence-corrected chi connectivity index (χ2v) is 5.99. The fourth-order valence-electron chi connectivity index (χ4n) is 2.04. The first-order chi connectivity index (χ1) is 9.36. The van der Waals surface area contributed by atoms with E-state index in [-0.39, 0.29) is 17.9 Å². The summed E-state index contributed by atoms with van der Waals surface area (Å²) in [6.45, 7) is 6.71. The zero-order valence-electron chi connectivity index (χ0n) is 12.6. The van der Waals surface area contributed by atoms with Crippen molar-refractivity contribution in [1.29, 1.82) is 0 Å². The molecule has 0 aromatic heterocycles.